The van der Waals surface area contributed by atoms with E-state index in [4.69, 9.17) is 16.3 Å². The average Bonchev–Trinajstić information content (AvgIpc) is 2.17. The highest BCUT2D eigenvalue weighted by Gasteiger charge is 2.09. The van der Waals surface area contributed by atoms with E-state index in [-0.39, 0.29) is 0 Å². The van der Waals surface area contributed by atoms with Gasteiger partial charge in [0.05, 0.1) is 12.2 Å². The molecular weight excluding hydrogens is 200 g/mol. The molecule has 0 aliphatic carbocycles. The first-order chi connectivity index (χ1) is 6.65. The maximum Gasteiger partial charge on any atom is 0.338 e. The van der Waals surface area contributed by atoms with Crippen molar-refractivity contribution in [3.63, 3.8) is 0 Å². The van der Waals surface area contributed by atoms with Gasteiger partial charge in [-0.1, -0.05) is 30.3 Å². The summed E-state index contributed by atoms with van der Waals surface area (Å²) in [4.78, 5) is 11.3. The Morgan fingerprint density at radius 2 is 2.29 bits per heavy atom. The molecule has 14 heavy (non-hydrogen) atoms. The summed E-state index contributed by atoms with van der Waals surface area (Å²) in [6.07, 6.45) is 0. The molecule has 0 radical (unpaired) electrons. The fourth-order valence-corrected chi connectivity index (χ4v) is 1.20. The number of hydrogen-bond donors (Lipinski definition) is 0. The minimum Gasteiger partial charge on any atom is -0.462 e. The van der Waals surface area contributed by atoms with Gasteiger partial charge in [-0.15, -0.1) is 0 Å². The van der Waals surface area contributed by atoms with Gasteiger partial charge in [0, 0.05) is 5.02 Å². The maximum absolute atomic E-state index is 11.3. The maximum atomic E-state index is 11.3. The molecule has 0 aliphatic rings. The van der Waals surface area contributed by atoms with Crippen LogP contribution in [0.2, 0.25) is 5.02 Å². The number of esters is 1. The Morgan fingerprint density at radius 3 is 2.86 bits per heavy atom. The van der Waals surface area contributed by atoms with E-state index in [1.807, 2.05) is 0 Å². The number of halogens is 1. The fourth-order valence-electron chi connectivity index (χ4n) is 1.01. The Labute approximate surface area is 88.1 Å². The van der Waals surface area contributed by atoms with Crippen LogP contribution in [0.1, 0.15) is 12.5 Å². The average molecular weight is 211 g/mol. The van der Waals surface area contributed by atoms with Crippen molar-refractivity contribution in [2.45, 2.75) is 6.92 Å². The van der Waals surface area contributed by atoms with Gasteiger partial charge in [0.15, 0.2) is 0 Å². The van der Waals surface area contributed by atoms with Crippen molar-refractivity contribution in [3.8, 4) is 0 Å². The van der Waals surface area contributed by atoms with Gasteiger partial charge in [-0.3, -0.25) is 0 Å². The molecule has 0 saturated carbocycles. The zero-order valence-electron chi connectivity index (χ0n) is 7.92. The lowest BCUT2D eigenvalue weighted by Crippen LogP contribution is -2.05. The van der Waals surface area contributed by atoms with Crippen LogP contribution in [0.3, 0.4) is 0 Å². The predicted octanol–water partition coefficient (Wildman–Crippen LogP) is 2.92. The fraction of sp³-hybridized carbons (Fsp3) is 0.182. The number of carbonyl (C=O) groups excluding carboxylic acids is 1. The highest BCUT2D eigenvalue weighted by Crippen LogP contribution is 2.18. The summed E-state index contributed by atoms with van der Waals surface area (Å²) < 4.78 is 4.82. The lowest BCUT2D eigenvalue weighted by molar-refractivity contribution is -0.136. The van der Waals surface area contributed by atoms with Crippen LogP contribution < -0.4 is 0 Å². The SMILES string of the molecule is C=C(C(=O)OCC)c1cccc(Cl)c1. The molecule has 74 valence electrons. The first kappa shape index (κ1) is 10.8. The molecule has 0 amide bonds. The molecular formula is C11H11ClO2. The number of benzene rings is 1. The molecule has 1 aromatic carbocycles. The van der Waals surface area contributed by atoms with Gasteiger partial charge in [-0.05, 0) is 24.6 Å². The van der Waals surface area contributed by atoms with Gasteiger partial charge in [0.25, 0.3) is 0 Å². The summed E-state index contributed by atoms with van der Waals surface area (Å²) in [7, 11) is 0. The molecule has 2 nitrogen and oxygen atoms in total. The summed E-state index contributed by atoms with van der Waals surface area (Å²) in [6.45, 7) is 5.75. The molecule has 1 aromatic rings. The van der Waals surface area contributed by atoms with Crippen LogP contribution in [-0.2, 0) is 9.53 Å². The van der Waals surface area contributed by atoms with Crippen LogP contribution in [0, 0.1) is 0 Å². The smallest absolute Gasteiger partial charge is 0.338 e. The summed E-state index contributed by atoms with van der Waals surface area (Å²) in [6, 6.07) is 6.96. The van der Waals surface area contributed by atoms with E-state index in [2.05, 4.69) is 6.58 Å². The van der Waals surface area contributed by atoms with Crippen LogP contribution in [0.5, 0.6) is 0 Å². The van der Waals surface area contributed by atoms with E-state index in [9.17, 15) is 4.79 Å². The van der Waals surface area contributed by atoms with Crippen LogP contribution in [0.25, 0.3) is 5.57 Å². The second-order valence-corrected chi connectivity index (χ2v) is 3.15. The van der Waals surface area contributed by atoms with Gasteiger partial charge in [0.1, 0.15) is 0 Å². The van der Waals surface area contributed by atoms with Gasteiger partial charge in [-0.25, -0.2) is 4.79 Å². The summed E-state index contributed by atoms with van der Waals surface area (Å²) in [5.74, 6) is -0.408. The van der Waals surface area contributed by atoms with Crippen molar-refractivity contribution in [2.24, 2.45) is 0 Å². The van der Waals surface area contributed by atoms with E-state index >= 15 is 0 Å². The van der Waals surface area contributed by atoms with E-state index in [1.54, 1.807) is 31.2 Å². The molecule has 0 aromatic heterocycles. The molecule has 0 saturated heterocycles. The molecule has 0 spiro atoms. The summed E-state index contributed by atoms with van der Waals surface area (Å²) in [5, 5.41) is 0.577. The zero-order valence-corrected chi connectivity index (χ0v) is 8.67. The van der Waals surface area contributed by atoms with Crippen LogP contribution in [0.15, 0.2) is 30.8 Å². The molecule has 0 unspecified atom stereocenters. The molecule has 0 heterocycles. The van der Waals surface area contributed by atoms with Crippen molar-refractivity contribution in [1.29, 1.82) is 0 Å². The molecule has 0 bridgehead atoms. The summed E-state index contributed by atoms with van der Waals surface area (Å²) in [5.41, 5.74) is 1.02. The Morgan fingerprint density at radius 1 is 1.57 bits per heavy atom. The minimum atomic E-state index is -0.408. The third-order valence-electron chi connectivity index (χ3n) is 1.69. The largest absolute Gasteiger partial charge is 0.462 e. The first-order valence-corrected chi connectivity index (χ1v) is 4.65. The Kier molecular flexibility index (Phi) is 3.72. The lowest BCUT2D eigenvalue weighted by atomic mass is 10.1. The van der Waals surface area contributed by atoms with E-state index in [1.165, 1.54) is 0 Å². The lowest BCUT2D eigenvalue weighted by Gasteiger charge is -2.05. The predicted molar refractivity (Wildman–Crippen MR) is 57.1 cm³/mol. The van der Waals surface area contributed by atoms with E-state index in [0.717, 1.165) is 0 Å². The number of ether oxygens (including phenoxy) is 1. The van der Waals surface area contributed by atoms with Crippen LogP contribution in [-0.4, -0.2) is 12.6 Å². The van der Waals surface area contributed by atoms with Crippen molar-refractivity contribution < 1.29 is 9.53 Å². The first-order valence-electron chi connectivity index (χ1n) is 4.27. The second kappa shape index (κ2) is 4.82. The van der Waals surface area contributed by atoms with Crippen molar-refractivity contribution >= 4 is 23.1 Å². The highest BCUT2D eigenvalue weighted by molar-refractivity contribution is 6.31. The van der Waals surface area contributed by atoms with E-state index in [0.29, 0.717) is 22.8 Å². The van der Waals surface area contributed by atoms with Gasteiger partial charge >= 0.3 is 5.97 Å². The quantitative estimate of drug-likeness (QED) is 0.567. The Bertz CT molecular complexity index is 358. The highest BCUT2D eigenvalue weighted by atomic mass is 35.5. The molecule has 0 atom stereocenters. The number of rotatable bonds is 3. The Balaban J connectivity index is 2.84. The second-order valence-electron chi connectivity index (χ2n) is 2.71. The topological polar surface area (TPSA) is 26.3 Å². The third-order valence-corrected chi connectivity index (χ3v) is 1.93. The van der Waals surface area contributed by atoms with Crippen molar-refractivity contribution in [3.05, 3.63) is 41.4 Å². The number of hydrogen-bond acceptors (Lipinski definition) is 2. The van der Waals surface area contributed by atoms with Crippen molar-refractivity contribution in [2.75, 3.05) is 6.61 Å². The number of carbonyl (C=O) groups is 1. The monoisotopic (exact) mass is 210 g/mol. The normalized spacial score (nSPS) is 9.57. The standard InChI is InChI=1S/C11H11ClO2/c1-3-14-11(13)8(2)9-5-4-6-10(12)7-9/h4-7H,2-3H2,1H3. The van der Waals surface area contributed by atoms with Gasteiger partial charge in [0.2, 0.25) is 0 Å². The van der Waals surface area contributed by atoms with E-state index < -0.39 is 5.97 Å². The van der Waals surface area contributed by atoms with Crippen LogP contribution >= 0.6 is 11.6 Å². The van der Waals surface area contributed by atoms with Gasteiger partial charge in [-0.2, -0.15) is 0 Å². The molecule has 0 N–H and O–H groups in total. The van der Waals surface area contributed by atoms with Crippen molar-refractivity contribution in [1.82, 2.24) is 0 Å². The third kappa shape index (κ3) is 2.60. The molecule has 0 fully saturated rings. The van der Waals surface area contributed by atoms with Crippen LogP contribution in [0.4, 0.5) is 0 Å². The minimum absolute atomic E-state index is 0.328. The summed E-state index contributed by atoms with van der Waals surface area (Å²) >= 11 is 5.78. The molecule has 3 heteroatoms. The molecule has 1 rings (SSSR count). The molecule has 0 aliphatic heterocycles. The zero-order chi connectivity index (χ0) is 10.6. The Hall–Kier alpha value is -1.28. The van der Waals surface area contributed by atoms with Gasteiger partial charge < -0.3 is 4.74 Å².